The van der Waals surface area contributed by atoms with Crippen molar-refractivity contribution in [2.75, 3.05) is 13.1 Å². The highest BCUT2D eigenvalue weighted by atomic mass is 16.4. The van der Waals surface area contributed by atoms with Gasteiger partial charge in [0.25, 0.3) is 0 Å². The number of carbonyl (C=O) groups is 1. The van der Waals surface area contributed by atoms with Gasteiger partial charge in [-0.05, 0) is 29.0 Å². The molecule has 0 saturated heterocycles. The van der Waals surface area contributed by atoms with E-state index in [4.69, 9.17) is 5.11 Å². The molecule has 1 N–H and O–H groups in total. The van der Waals surface area contributed by atoms with E-state index in [-0.39, 0.29) is 6.54 Å². The Morgan fingerprint density at radius 1 is 1.33 bits per heavy atom. The number of nitrogens with zero attached hydrogens (tertiary/aromatic N) is 4. The van der Waals surface area contributed by atoms with Gasteiger partial charge in [0.15, 0.2) is 0 Å². The minimum absolute atomic E-state index is 0.137. The van der Waals surface area contributed by atoms with Gasteiger partial charge in [-0.3, -0.25) is 9.69 Å². The molecule has 0 bridgehead atoms. The summed E-state index contributed by atoms with van der Waals surface area (Å²) in [7, 11) is 0. The van der Waals surface area contributed by atoms with E-state index < -0.39 is 5.97 Å². The van der Waals surface area contributed by atoms with E-state index in [2.05, 4.69) is 47.3 Å². The molecule has 0 radical (unpaired) electrons. The molecule has 128 valence electrons. The maximum absolute atomic E-state index is 10.7. The number of aliphatic carboxylic acids is 1. The maximum atomic E-state index is 10.7. The Labute approximate surface area is 142 Å². The maximum Gasteiger partial charge on any atom is 0.325 e. The van der Waals surface area contributed by atoms with E-state index in [0.717, 1.165) is 38.2 Å². The van der Waals surface area contributed by atoms with Gasteiger partial charge in [0.1, 0.15) is 6.54 Å². The number of carboxylic acid groups (broad SMARTS) is 1. The second kappa shape index (κ2) is 7.13. The van der Waals surface area contributed by atoms with Crippen molar-refractivity contribution in [3.63, 3.8) is 0 Å². The summed E-state index contributed by atoms with van der Waals surface area (Å²) in [5, 5.41) is 16.7. The highest BCUT2D eigenvalue weighted by Gasteiger charge is 2.17. The number of fused-ring (bicyclic) bond motifs is 1. The van der Waals surface area contributed by atoms with Crippen LogP contribution in [-0.2, 0) is 30.7 Å². The molecule has 24 heavy (non-hydrogen) atoms. The van der Waals surface area contributed by atoms with Gasteiger partial charge in [-0.2, -0.15) is 0 Å². The topological polar surface area (TPSA) is 71.2 Å². The standard InChI is InChI=1S/C18H24N4O2/c1-13(2)15-4-3-14-5-7-21(10-16(14)9-15)8-6-17-11-22(20-19-17)12-18(23)24/h3-4,9,11,13H,5-8,10,12H2,1-2H3,(H,23,24). The Hall–Kier alpha value is -2.21. The van der Waals surface area contributed by atoms with Crippen LogP contribution in [0.25, 0.3) is 0 Å². The summed E-state index contributed by atoms with van der Waals surface area (Å²) in [5.74, 6) is -0.352. The molecule has 6 nitrogen and oxygen atoms in total. The molecule has 1 aliphatic rings. The summed E-state index contributed by atoms with van der Waals surface area (Å²) in [5.41, 5.74) is 5.13. The summed E-state index contributed by atoms with van der Waals surface area (Å²) in [6.07, 6.45) is 3.60. The van der Waals surface area contributed by atoms with Gasteiger partial charge in [-0.1, -0.05) is 37.3 Å². The zero-order valence-electron chi connectivity index (χ0n) is 14.3. The molecule has 0 unspecified atom stereocenters. The van der Waals surface area contributed by atoms with Crippen LogP contribution >= 0.6 is 0 Å². The van der Waals surface area contributed by atoms with Crippen LogP contribution in [0.1, 0.15) is 42.1 Å². The van der Waals surface area contributed by atoms with Crippen LogP contribution in [0.3, 0.4) is 0 Å². The van der Waals surface area contributed by atoms with Crippen molar-refractivity contribution < 1.29 is 9.90 Å². The van der Waals surface area contributed by atoms with Crippen LogP contribution < -0.4 is 0 Å². The zero-order valence-corrected chi connectivity index (χ0v) is 14.3. The molecule has 2 aromatic rings. The highest BCUT2D eigenvalue weighted by molar-refractivity contribution is 5.66. The average molecular weight is 328 g/mol. The van der Waals surface area contributed by atoms with Crippen LogP contribution in [0.15, 0.2) is 24.4 Å². The fourth-order valence-corrected chi connectivity index (χ4v) is 3.13. The molecule has 6 heteroatoms. The summed E-state index contributed by atoms with van der Waals surface area (Å²) >= 11 is 0. The van der Waals surface area contributed by atoms with Crippen LogP contribution in [0.4, 0.5) is 0 Å². The molecule has 0 aliphatic carbocycles. The second-order valence-corrected chi connectivity index (χ2v) is 6.76. The lowest BCUT2D eigenvalue weighted by molar-refractivity contribution is -0.137. The number of hydrogen-bond donors (Lipinski definition) is 1. The van der Waals surface area contributed by atoms with Gasteiger partial charge in [0.05, 0.1) is 5.69 Å². The zero-order chi connectivity index (χ0) is 17.1. The molecule has 0 fully saturated rings. The van der Waals surface area contributed by atoms with Crippen molar-refractivity contribution in [1.82, 2.24) is 19.9 Å². The van der Waals surface area contributed by atoms with E-state index in [0.29, 0.717) is 5.92 Å². The lowest BCUT2D eigenvalue weighted by Crippen LogP contribution is -2.32. The molecule has 0 spiro atoms. The molecule has 1 aliphatic heterocycles. The lowest BCUT2D eigenvalue weighted by atomic mass is 9.93. The summed E-state index contributed by atoms with van der Waals surface area (Å²) in [6.45, 7) is 7.25. The smallest absolute Gasteiger partial charge is 0.325 e. The Kier molecular flexibility index (Phi) is 4.94. The van der Waals surface area contributed by atoms with Gasteiger partial charge in [-0.25, -0.2) is 4.68 Å². The van der Waals surface area contributed by atoms with Crippen molar-refractivity contribution >= 4 is 5.97 Å². The van der Waals surface area contributed by atoms with Crippen molar-refractivity contribution in [1.29, 1.82) is 0 Å². The largest absolute Gasteiger partial charge is 0.480 e. The van der Waals surface area contributed by atoms with Gasteiger partial charge in [0, 0.05) is 32.3 Å². The first kappa shape index (κ1) is 16.6. The fourth-order valence-electron chi connectivity index (χ4n) is 3.13. The Bertz CT molecular complexity index is 724. The summed E-state index contributed by atoms with van der Waals surface area (Å²) in [6, 6.07) is 6.87. The Morgan fingerprint density at radius 3 is 2.92 bits per heavy atom. The third kappa shape index (κ3) is 4.00. The average Bonchev–Trinajstić information content (AvgIpc) is 2.98. The highest BCUT2D eigenvalue weighted by Crippen LogP contribution is 2.24. The molecule has 0 amide bonds. The first-order chi connectivity index (χ1) is 11.5. The molecular weight excluding hydrogens is 304 g/mol. The molecule has 1 aromatic heterocycles. The van der Waals surface area contributed by atoms with Crippen molar-refractivity contribution in [2.24, 2.45) is 0 Å². The van der Waals surface area contributed by atoms with Crippen molar-refractivity contribution in [3.05, 3.63) is 46.8 Å². The first-order valence-electron chi connectivity index (χ1n) is 8.46. The van der Waals surface area contributed by atoms with Gasteiger partial charge in [0.2, 0.25) is 0 Å². The van der Waals surface area contributed by atoms with Crippen LogP contribution in [0, 0.1) is 0 Å². The third-order valence-corrected chi connectivity index (χ3v) is 4.56. The summed E-state index contributed by atoms with van der Waals surface area (Å²) in [4.78, 5) is 13.1. The normalized spacial score (nSPS) is 14.8. The molecule has 2 heterocycles. The molecule has 3 rings (SSSR count). The predicted molar refractivity (Wildman–Crippen MR) is 90.9 cm³/mol. The van der Waals surface area contributed by atoms with Crippen LogP contribution in [0.5, 0.6) is 0 Å². The van der Waals surface area contributed by atoms with Crippen molar-refractivity contribution in [2.45, 2.75) is 45.7 Å². The quantitative estimate of drug-likeness (QED) is 0.879. The lowest BCUT2D eigenvalue weighted by Gasteiger charge is -2.29. The molecule has 1 aromatic carbocycles. The van der Waals surface area contributed by atoms with E-state index >= 15 is 0 Å². The van der Waals surface area contributed by atoms with Gasteiger partial charge < -0.3 is 5.11 Å². The fraction of sp³-hybridized carbons (Fsp3) is 0.500. The molecular formula is C18H24N4O2. The minimum atomic E-state index is -0.903. The monoisotopic (exact) mass is 328 g/mol. The van der Waals surface area contributed by atoms with Crippen LogP contribution in [-0.4, -0.2) is 44.1 Å². The number of rotatable bonds is 6. The van der Waals surface area contributed by atoms with E-state index in [1.54, 1.807) is 6.20 Å². The van der Waals surface area contributed by atoms with Gasteiger partial charge >= 0.3 is 5.97 Å². The Balaban J connectivity index is 1.58. The number of benzene rings is 1. The third-order valence-electron chi connectivity index (χ3n) is 4.56. The summed E-state index contributed by atoms with van der Waals surface area (Å²) < 4.78 is 1.37. The van der Waals surface area contributed by atoms with E-state index in [9.17, 15) is 4.79 Å². The Morgan fingerprint density at radius 2 is 2.17 bits per heavy atom. The SMILES string of the molecule is CC(C)c1ccc2c(c1)CN(CCc1cn(CC(=O)O)nn1)CC2. The first-order valence-corrected chi connectivity index (χ1v) is 8.46. The van der Waals surface area contributed by atoms with Gasteiger partial charge in [-0.15, -0.1) is 5.10 Å². The number of aromatic nitrogens is 3. The molecule has 0 saturated carbocycles. The van der Waals surface area contributed by atoms with E-state index in [1.165, 1.54) is 21.4 Å². The van der Waals surface area contributed by atoms with E-state index in [1.807, 2.05) is 0 Å². The molecule has 0 atom stereocenters. The minimum Gasteiger partial charge on any atom is -0.480 e. The van der Waals surface area contributed by atoms with Crippen LogP contribution in [0.2, 0.25) is 0 Å². The second-order valence-electron chi connectivity index (χ2n) is 6.76. The predicted octanol–water partition coefficient (Wildman–Crippen LogP) is 2.09. The van der Waals surface area contributed by atoms with Crippen molar-refractivity contribution in [3.8, 4) is 0 Å². The number of hydrogen-bond acceptors (Lipinski definition) is 4. The number of carboxylic acids is 1.